The summed E-state index contributed by atoms with van der Waals surface area (Å²) < 4.78 is 7.01. The molecule has 4 heterocycles. The van der Waals surface area contributed by atoms with E-state index in [9.17, 15) is 9.59 Å². The number of amides is 2. The van der Waals surface area contributed by atoms with Gasteiger partial charge in [-0.3, -0.25) is 14.3 Å². The van der Waals surface area contributed by atoms with Crippen LogP contribution in [0.15, 0.2) is 41.2 Å². The van der Waals surface area contributed by atoms with Crippen molar-refractivity contribution in [2.24, 2.45) is 7.05 Å². The van der Waals surface area contributed by atoms with Crippen molar-refractivity contribution in [2.75, 3.05) is 11.9 Å². The highest BCUT2D eigenvalue weighted by Crippen LogP contribution is 2.55. The summed E-state index contributed by atoms with van der Waals surface area (Å²) in [5, 5.41) is 11.4. The molecule has 8 nitrogen and oxygen atoms in total. The summed E-state index contributed by atoms with van der Waals surface area (Å²) in [6, 6.07) is 7.26. The van der Waals surface area contributed by atoms with Gasteiger partial charge < -0.3 is 14.7 Å². The van der Waals surface area contributed by atoms with E-state index in [1.54, 1.807) is 22.7 Å². The maximum Gasteiger partial charge on any atom is 0.259 e. The minimum absolute atomic E-state index is 0.0781. The van der Waals surface area contributed by atoms with Gasteiger partial charge in [-0.05, 0) is 31.4 Å². The van der Waals surface area contributed by atoms with Gasteiger partial charge in [-0.25, -0.2) is 0 Å². The highest BCUT2D eigenvalue weighted by molar-refractivity contribution is 6.08. The Morgan fingerprint density at radius 2 is 2.17 bits per heavy atom. The molecule has 30 heavy (non-hydrogen) atoms. The molecule has 2 amide bonds. The van der Waals surface area contributed by atoms with Crippen molar-refractivity contribution < 1.29 is 14.1 Å². The summed E-state index contributed by atoms with van der Waals surface area (Å²) >= 11 is 0. The fourth-order valence-corrected chi connectivity index (χ4v) is 5.03. The van der Waals surface area contributed by atoms with Crippen LogP contribution < -0.4 is 5.32 Å². The molecule has 0 radical (unpaired) electrons. The molecule has 0 saturated carbocycles. The van der Waals surface area contributed by atoms with E-state index in [-0.39, 0.29) is 11.8 Å². The van der Waals surface area contributed by atoms with Crippen LogP contribution in [0.1, 0.15) is 52.3 Å². The van der Waals surface area contributed by atoms with Crippen molar-refractivity contribution in [3.8, 4) is 0 Å². The first-order valence-corrected chi connectivity index (χ1v) is 10.1. The van der Waals surface area contributed by atoms with Gasteiger partial charge in [0, 0.05) is 31.0 Å². The monoisotopic (exact) mass is 405 g/mol. The quantitative estimate of drug-likeness (QED) is 0.723. The number of aryl methyl sites for hydroxylation is 3. The molecule has 0 aliphatic carbocycles. The van der Waals surface area contributed by atoms with Crippen molar-refractivity contribution in [1.29, 1.82) is 0 Å². The molecule has 0 bridgehead atoms. The van der Waals surface area contributed by atoms with Gasteiger partial charge in [-0.1, -0.05) is 30.3 Å². The number of rotatable bonds is 3. The average Bonchev–Trinajstić information content (AvgIpc) is 3.48. The minimum atomic E-state index is -0.854. The van der Waals surface area contributed by atoms with Gasteiger partial charge in [0.1, 0.15) is 16.7 Å². The first kappa shape index (κ1) is 18.6. The SMILES string of the molecule is CCc1noc(C)c1C(=O)N1CCC2(C(=O)Nc3ccccc32)C1c1cnn(C)c1. The third kappa shape index (κ3) is 2.39. The second-order valence-corrected chi connectivity index (χ2v) is 7.98. The smallest absolute Gasteiger partial charge is 0.259 e. The number of nitrogens with zero attached hydrogens (tertiary/aromatic N) is 4. The highest BCUT2D eigenvalue weighted by atomic mass is 16.5. The second-order valence-electron chi connectivity index (χ2n) is 7.98. The van der Waals surface area contributed by atoms with Crippen LogP contribution in [0.5, 0.6) is 0 Å². The summed E-state index contributed by atoms with van der Waals surface area (Å²) in [5.41, 5.74) is 2.85. The van der Waals surface area contributed by atoms with Crippen LogP contribution in [-0.2, 0) is 23.7 Å². The van der Waals surface area contributed by atoms with Gasteiger partial charge in [-0.15, -0.1) is 0 Å². The van der Waals surface area contributed by atoms with Crippen molar-refractivity contribution in [2.45, 2.75) is 38.1 Å². The van der Waals surface area contributed by atoms with Crippen LogP contribution >= 0.6 is 0 Å². The maximum atomic E-state index is 13.7. The van der Waals surface area contributed by atoms with Crippen LogP contribution in [0.25, 0.3) is 0 Å². The summed E-state index contributed by atoms with van der Waals surface area (Å²) in [6.45, 7) is 4.15. The standard InChI is InChI=1S/C22H23N5O3/c1-4-16-18(13(2)30-25-16)20(28)27-10-9-22(19(27)14-11-23-26(3)12-14)15-7-5-6-8-17(15)24-21(22)29/h5-8,11-12,19H,4,9-10H2,1-3H3,(H,24,29). The van der Waals surface area contributed by atoms with Crippen LogP contribution in [0.4, 0.5) is 5.69 Å². The van der Waals surface area contributed by atoms with Crippen molar-refractivity contribution in [3.05, 3.63) is 64.8 Å². The lowest BCUT2D eigenvalue weighted by molar-refractivity contribution is -0.121. The second kappa shape index (κ2) is 6.55. The lowest BCUT2D eigenvalue weighted by atomic mass is 9.73. The number of carbonyl (C=O) groups excluding carboxylic acids is 2. The van der Waals surface area contributed by atoms with E-state index in [1.807, 2.05) is 44.4 Å². The van der Waals surface area contributed by atoms with Gasteiger partial charge in [0.05, 0.1) is 17.9 Å². The van der Waals surface area contributed by atoms with Crippen molar-refractivity contribution >= 4 is 17.5 Å². The molecule has 2 unspecified atom stereocenters. The molecular formula is C22H23N5O3. The fourth-order valence-electron chi connectivity index (χ4n) is 5.03. The Bertz CT molecular complexity index is 1160. The van der Waals surface area contributed by atoms with Crippen LogP contribution in [0.2, 0.25) is 0 Å². The van der Waals surface area contributed by atoms with Gasteiger partial charge in [0.25, 0.3) is 5.91 Å². The van der Waals surface area contributed by atoms with Gasteiger partial charge in [-0.2, -0.15) is 5.10 Å². The lowest BCUT2D eigenvalue weighted by Crippen LogP contribution is -2.42. The lowest BCUT2D eigenvalue weighted by Gasteiger charge is -2.33. The molecule has 5 rings (SSSR count). The Balaban J connectivity index is 1.68. The van der Waals surface area contributed by atoms with Crippen LogP contribution in [0.3, 0.4) is 0 Å². The van der Waals surface area contributed by atoms with Crippen LogP contribution in [0, 0.1) is 6.92 Å². The third-order valence-corrected chi connectivity index (χ3v) is 6.37. The zero-order chi connectivity index (χ0) is 21.0. The minimum Gasteiger partial charge on any atom is -0.361 e. The largest absolute Gasteiger partial charge is 0.361 e. The predicted molar refractivity (Wildman–Crippen MR) is 109 cm³/mol. The summed E-state index contributed by atoms with van der Waals surface area (Å²) in [7, 11) is 1.83. The number of fused-ring (bicyclic) bond motifs is 2. The summed E-state index contributed by atoms with van der Waals surface area (Å²) in [4.78, 5) is 28.9. The molecule has 1 N–H and O–H groups in total. The normalized spacial score (nSPS) is 22.6. The Hall–Kier alpha value is -3.42. The first-order chi connectivity index (χ1) is 14.5. The molecule has 8 heteroatoms. The molecule has 2 atom stereocenters. The zero-order valence-corrected chi connectivity index (χ0v) is 17.2. The number of aromatic nitrogens is 3. The molecular weight excluding hydrogens is 382 g/mol. The van der Waals surface area contributed by atoms with E-state index in [4.69, 9.17) is 4.52 Å². The van der Waals surface area contributed by atoms with E-state index >= 15 is 0 Å². The fraction of sp³-hybridized carbons (Fsp3) is 0.364. The number of benzene rings is 1. The van der Waals surface area contributed by atoms with Crippen molar-refractivity contribution in [1.82, 2.24) is 19.8 Å². The average molecular weight is 405 g/mol. The van der Waals surface area contributed by atoms with E-state index < -0.39 is 11.5 Å². The Kier molecular flexibility index (Phi) is 4.06. The predicted octanol–water partition coefficient (Wildman–Crippen LogP) is 2.76. The number of likely N-dealkylation sites (tertiary alicyclic amines) is 1. The Labute approximate surface area is 173 Å². The zero-order valence-electron chi connectivity index (χ0n) is 17.2. The molecule has 2 aliphatic heterocycles. The third-order valence-electron chi connectivity index (χ3n) is 6.37. The number of carbonyl (C=O) groups is 2. The van der Waals surface area contributed by atoms with E-state index in [1.165, 1.54) is 0 Å². The molecule has 1 saturated heterocycles. The number of nitrogens with one attached hydrogen (secondary N) is 1. The van der Waals surface area contributed by atoms with E-state index in [0.717, 1.165) is 16.8 Å². The Morgan fingerprint density at radius 1 is 1.37 bits per heavy atom. The Morgan fingerprint density at radius 3 is 2.90 bits per heavy atom. The first-order valence-electron chi connectivity index (χ1n) is 10.1. The molecule has 2 aliphatic rings. The van der Waals surface area contributed by atoms with E-state index in [2.05, 4.69) is 15.6 Å². The maximum absolute atomic E-state index is 13.7. The summed E-state index contributed by atoms with van der Waals surface area (Å²) in [6.07, 6.45) is 4.76. The molecule has 1 fully saturated rings. The molecule has 154 valence electrons. The van der Waals surface area contributed by atoms with Crippen molar-refractivity contribution in [3.63, 3.8) is 0 Å². The molecule has 3 aromatic rings. The number of anilines is 1. The van der Waals surface area contributed by atoms with Crippen LogP contribution in [-0.4, -0.2) is 38.2 Å². The number of hydrogen-bond donors (Lipinski definition) is 1. The van der Waals surface area contributed by atoms with Gasteiger partial charge in [0.2, 0.25) is 5.91 Å². The molecule has 1 spiro atoms. The molecule has 2 aromatic heterocycles. The van der Waals surface area contributed by atoms with Gasteiger partial charge in [0.15, 0.2) is 0 Å². The summed E-state index contributed by atoms with van der Waals surface area (Å²) in [5.74, 6) is 0.262. The molecule has 1 aromatic carbocycles. The highest BCUT2D eigenvalue weighted by Gasteiger charge is 2.60. The van der Waals surface area contributed by atoms with E-state index in [0.29, 0.717) is 36.4 Å². The van der Waals surface area contributed by atoms with Gasteiger partial charge >= 0.3 is 0 Å². The topological polar surface area (TPSA) is 93.3 Å². The number of para-hydroxylation sites is 1. The number of hydrogen-bond acceptors (Lipinski definition) is 5.